The summed E-state index contributed by atoms with van der Waals surface area (Å²) in [6.45, 7) is 0.774. The molecule has 76 valence electrons. The normalized spacial score (nSPS) is 12.4. The third-order valence-electron chi connectivity index (χ3n) is 1.51. The van der Waals surface area contributed by atoms with Crippen molar-refractivity contribution in [1.82, 2.24) is 5.32 Å². The van der Waals surface area contributed by atoms with E-state index in [9.17, 15) is 9.59 Å². The molecule has 0 unspecified atom stereocenters. The largest absolute Gasteiger partial charge is 0.480 e. The lowest BCUT2D eigenvalue weighted by Crippen LogP contribution is -2.40. The summed E-state index contributed by atoms with van der Waals surface area (Å²) in [6, 6.07) is -0.740. The molecular formula is C7H15N3O3. The van der Waals surface area contributed by atoms with E-state index in [1.807, 2.05) is 0 Å². The van der Waals surface area contributed by atoms with Gasteiger partial charge in [0.15, 0.2) is 0 Å². The molecule has 6 nitrogen and oxygen atoms in total. The first-order chi connectivity index (χ1) is 6.07. The van der Waals surface area contributed by atoms with E-state index in [0.717, 1.165) is 0 Å². The lowest BCUT2D eigenvalue weighted by Gasteiger charge is -2.12. The fourth-order valence-corrected chi connectivity index (χ4v) is 0.857. The fourth-order valence-electron chi connectivity index (χ4n) is 0.857. The molecule has 0 aliphatic heterocycles. The van der Waals surface area contributed by atoms with Crippen molar-refractivity contribution < 1.29 is 14.7 Å². The van der Waals surface area contributed by atoms with Gasteiger partial charge in [-0.15, -0.1) is 0 Å². The molecule has 0 saturated heterocycles. The summed E-state index contributed by atoms with van der Waals surface area (Å²) in [5.41, 5.74) is 10.1. The molecule has 0 aliphatic rings. The van der Waals surface area contributed by atoms with Gasteiger partial charge in [-0.1, -0.05) is 0 Å². The number of hydrogen-bond donors (Lipinski definition) is 4. The molecule has 0 heterocycles. The topological polar surface area (TPSA) is 118 Å². The van der Waals surface area contributed by atoms with Crippen LogP contribution in [0.1, 0.15) is 12.8 Å². The van der Waals surface area contributed by atoms with Crippen LogP contribution in [0.3, 0.4) is 0 Å². The van der Waals surface area contributed by atoms with Crippen LogP contribution in [0.4, 0.5) is 0 Å². The zero-order valence-corrected chi connectivity index (χ0v) is 7.32. The predicted molar refractivity (Wildman–Crippen MR) is 46.9 cm³/mol. The zero-order chi connectivity index (χ0) is 10.3. The van der Waals surface area contributed by atoms with E-state index in [1.165, 1.54) is 0 Å². The number of hydrogen-bond acceptors (Lipinski definition) is 4. The molecule has 0 aliphatic carbocycles. The molecular weight excluding hydrogens is 174 g/mol. The van der Waals surface area contributed by atoms with Gasteiger partial charge in [0.05, 0.1) is 0 Å². The number of carbonyl (C=O) groups excluding carboxylic acids is 1. The van der Waals surface area contributed by atoms with Crippen molar-refractivity contribution >= 4 is 11.9 Å². The number of primary amides is 1. The maximum atomic E-state index is 10.6. The van der Waals surface area contributed by atoms with Gasteiger partial charge in [0.2, 0.25) is 5.91 Å². The molecule has 0 bridgehead atoms. The Bertz CT molecular complexity index is 184. The van der Waals surface area contributed by atoms with Crippen LogP contribution < -0.4 is 16.8 Å². The highest BCUT2D eigenvalue weighted by molar-refractivity contribution is 5.77. The van der Waals surface area contributed by atoms with Crippen LogP contribution in [-0.4, -0.2) is 36.1 Å². The SMILES string of the molecule is NCCN[C@H](CCC(N)=O)C(=O)O. The van der Waals surface area contributed by atoms with Gasteiger partial charge in [-0.05, 0) is 6.42 Å². The minimum absolute atomic E-state index is 0.0640. The number of carboxylic acid groups (broad SMARTS) is 1. The van der Waals surface area contributed by atoms with E-state index in [2.05, 4.69) is 5.32 Å². The maximum Gasteiger partial charge on any atom is 0.320 e. The number of carboxylic acids is 1. The summed E-state index contributed by atoms with van der Waals surface area (Å²) in [4.78, 5) is 20.9. The van der Waals surface area contributed by atoms with Crippen LogP contribution in [0.5, 0.6) is 0 Å². The number of nitrogens with two attached hydrogens (primary N) is 2. The minimum Gasteiger partial charge on any atom is -0.480 e. The number of carbonyl (C=O) groups is 2. The summed E-state index contributed by atoms with van der Waals surface area (Å²) in [5.74, 6) is -1.49. The second kappa shape index (κ2) is 6.38. The van der Waals surface area contributed by atoms with Crippen LogP contribution in [0.25, 0.3) is 0 Å². The van der Waals surface area contributed by atoms with Crippen molar-refractivity contribution in [1.29, 1.82) is 0 Å². The quantitative estimate of drug-likeness (QED) is 0.379. The van der Waals surface area contributed by atoms with Gasteiger partial charge in [0.25, 0.3) is 0 Å². The van der Waals surface area contributed by atoms with E-state index in [1.54, 1.807) is 0 Å². The van der Waals surface area contributed by atoms with Crippen molar-refractivity contribution in [2.75, 3.05) is 13.1 Å². The average Bonchev–Trinajstić information content (AvgIpc) is 2.03. The molecule has 0 aromatic heterocycles. The minimum atomic E-state index is -0.991. The Morgan fingerprint density at radius 1 is 1.46 bits per heavy atom. The molecule has 0 rings (SSSR count). The zero-order valence-electron chi connectivity index (χ0n) is 7.32. The number of rotatable bonds is 7. The highest BCUT2D eigenvalue weighted by Gasteiger charge is 2.16. The molecule has 13 heavy (non-hydrogen) atoms. The van der Waals surface area contributed by atoms with Crippen molar-refractivity contribution in [2.45, 2.75) is 18.9 Å². The van der Waals surface area contributed by atoms with Crippen molar-refractivity contribution in [3.63, 3.8) is 0 Å². The van der Waals surface area contributed by atoms with Gasteiger partial charge in [0, 0.05) is 19.5 Å². The van der Waals surface area contributed by atoms with Crippen LogP contribution in [0, 0.1) is 0 Å². The van der Waals surface area contributed by atoms with Gasteiger partial charge in [-0.2, -0.15) is 0 Å². The van der Waals surface area contributed by atoms with Gasteiger partial charge < -0.3 is 21.9 Å². The highest BCUT2D eigenvalue weighted by atomic mass is 16.4. The summed E-state index contributed by atoms with van der Waals surface area (Å²) in [7, 11) is 0. The van der Waals surface area contributed by atoms with Crippen molar-refractivity contribution in [2.24, 2.45) is 11.5 Å². The van der Waals surface area contributed by atoms with E-state index in [-0.39, 0.29) is 12.8 Å². The lowest BCUT2D eigenvalue weighted by molar-refractivity contribution is -0.139. The number of aliphatic carboxylic acids is 1. The van der Waals surface area contributed by atoms with Gasteiger partial charge in [-0.25, -0.2) is 0 Å². The first-order valence-corrected chi connectivity index (χ1v) is 4.02. The molecule has 0 saturated carbocycles. The molecule has 0 spiro atoms. The Morgan fingerprint density at radius 3 is 2.46 bits per heavy atom. The maximum absolute atomic E-state index is 10.6. The molecule has 6 N–H and O–H groups in total. The fraction of sp³-hybridized carbons (Fsp3) is 0.714. The van der Waals surface area contributed by atoms with Crippen LogP contribution in [0.15, 0.2) is 0 Å². The van der Waals surface area contributed by atoms with Gasteiger partial charge in [-0.3, -0.25) is 9.59 Å². The third-order valence-corrected chi connectivity index (χ3v) is 1.51. The lowest BCUT2D eigenvalue weighted by atomic mass is 10.1. The predicted octanol–water partition coefficient (Wildman–Crippen LogP) is -1.75. The molecule has 0 aromatic carbocycles. The second-order valence-corrected chi connectivity index (χ2v) is 2.64. The molecule has 1 amide bonds. The number of nitrogens with one attached hydrogen (secondary N) is 1. The molecule has 0 aromatic rings. The Morgan fingerprint density at radius 2 is 2.08 bits per heavy atom. The molecule has 1 atom stereocenters. The summed E-state index contributed by atoms with van der Waals surface area (Å²) in [6.07, 6.45) is 0.263. The Balaban J connectivity index is 3.80. The average molecular weight is 189 g/mol. The van der Waals surface area contributed by atoms with Crippen molar-refractivity contribution in [3.05, 3.63) is 0 Å². The summed E-state index contributed by atoms with van der Waals surface area (Å²) >= 11 is 0. The Kier molecular flexibility index (Phi) is 5.82. The van der Waals surface area contributed by atoms with E-state index >= 15 is 0 Å². The standard InChI is InChI=1S/C7H15N3O3/c8-3-4-10-5(7(12)13)1-2-6(9)11/h5,10H,1-4,8H2,(H2,9,11)(H,12,13)/t5-/m1/s1. The van der Waals surface area contributed by atoms with Crippen LogP contribution in [-0.2, 0) is 9.59 Å². The third kappa shape index (κ3) is 6.06. The second-order valence-electron chi connectivity index (χ2n) is 2.64. The van der Waals surface area contributed by atoms with Crippen LogP contribution >= 0.6 is 0 Å². The Labute approximate surface area is 76.3 Å². The van der Waals surface area contributed by atoms with Crippen molar-refractivity contribution in [3.8, 4) is 0 Å². The van der Waals surface area contributed by atoms with Crippen LogP contribution in [0.2, 0.25) is 0 Å². The smallest absolute Gasteiger partial charge is 0.320 e. The van der Waals surface area contributed by atoms with E-state index in [0.29, 0.717) is 13.1 Å². The first kappa shape index (κ1) is 11.9. The molecule has 0 fully saturated rings. The van der Waals surface area contributed by atoms with Gasteiger partial charge in [0.1, 0.15) is 6.04 Å². The van der Waals surface area contributed by atoms with Gasteiger partial charge >= 0.3 is 5.97 Å². The monoisotopic (exact) mass is 189 g/mol. The molecule has 0 radical (unpaired) electrons. The highest BCUT2D eigenvalue weighted by Crippen LogP contribution is 1.96. The summed E-state index contributed by atoms with van der Waals surface area (Å²) < 4.78 is 0. The first-order valence-electron chi connectivity index (χ1n) is 4.02. The molecule has 6 heteroatoms. The van der Waals surface area contributed by atoms with E-state index in [4.69, 9.17) is 16.6 Å². The number of amides is 1. The summed E-state index contributed by atoms with van der Waals surface area (Å²) in [5, 5.41) is 11.3. The Hall–Kier alpha value is -1.14. The van der Waals surface area contributed by atoms with E-state index < -0.39 is 17.9 Å².